The Balaban J connectivity index is 1.69. The van der Waals surface area contributed by atoms with Crippen molar-refractivity contribution < 1.29 is 9.59 Å². The van der Waals surface area contributed by atoms with Gasteiger partial charge in [0.2, 0.25) is 11.8 Å². The van der Waals surface area contributed by atoms with E-state index in [-0.39, 0.29) is 23.7 Å². The van der Waals surface area contributed by atoms with Crippen LogP contribution in [-0.4, -0.2) is 60.9 Å². The Morgan fingerprint density at radius 2 is 1.70 bits per heavy atom. The third kappa shape index (κ3) is 4.58. The smallest absolute Gasteiger partial charge is 0.225 e. The molecule has 5 nitrogen and oxygen atoms in total. The number of hydrogen-bond acceptors (Lipinski definition) is 3. The maximum absolute atomic E-state index is 13.1. The van der Waals surface area contributed by atoms with Crippen LogP contribution in [0.15, 0.2) is 18.2 Å². The molecule has 0 radical (unpaired) electrons. The fourth-order valence-electron chi connectivity index (χ4n) is 4.28. The first-order valence-corrected chi connectivity index (χ1v) is 10.3. The van der Waals surface area contributed by atoms with E-state index in [1.54, 1.807) is 6.92 Å². The minimum atomic E-state index is 0.0150. The summed E-state index contributed by atoms with van der Waals surface area (Å²) in [5.74, 6) is 0.509. The van der Waals surface area contributed by atoms with Gasteiger partial charge in [0.15, 0.2) is 0 Å². The van der Waals surface area contributed by atoms with Crippen LogP contribution in [-0.2, 0) is 9.59 Å². The Morgan fingerprint density at radius 1 is 1.04 bits per heavy atom. The lowest BCUT2D eigenvalue weighted by Crippen LogP contribution is -2.51. The van der Waals surface area contributed by atoms with Crippen molar-refractivity contribution in [1.29, 1.82) is 0 Å². The summed E-state index contributed by atoms with van der Waals surface area (Å²) in [6.45, 7) is 4.38. The van der Waals surface area contributed by atoms with E-state index >= 15 is 0 Å². The lowest BCUT2D eigenvalue weighted by Gasteiger charge is -2.41. The van der Waals surface area contributed by atoms with Crippen molar-refractivity contribution >= 4 is 35.0 Å². The average molecular weight is 412 g/mol. The van der Waals surface area contributed by atoms with Gasteiger partial charge in [0.1, 0.15) is 0 Å². The fourth-order valence-corrected chi connectivity index (χ4v) is 4.58. The number of carbonyl (C=O) groups excluding carboxylic acids is 2. The van der Waals surface area contributed by atoms with E-state index in [0.29, 0.717) is 35.7 Å². The van der Waals surface area contributed by atoms with Crippen molar-refractivity contribution in [1.82, 2.24) is 15.1 Å². The molecule has 0 aromatic heterocycles. The molecule has 1 aromatic carbocycles. The summed E-state index contributed by atoms with van der Waals surface area (Å²) in [6, 6.07) is 6.04. The quantitative estimate of drug-likeness (QED) is 0.830. The first kappa shape index (κ1) is 20.4. The minimum Gasteiger partial charge on any atom is -0.343 e. The maximum Gasteiger partial charge on any atom is 0.225 e. The summed E-state index contributed by atoms with van der Waals surface area (Å²) in [6.07, 6.45) is 2.41. The normalized spacial score (nSPS) is 24.1. The van der Waals surface area contributed by atoms with Gasteiger partial charge in [-0.1, -0.05) is 29.3 Å². The Hall–Kier alpha value is -1.30. The van der Waals surface area contributed by atoms with Crippen molar-refractivity contribution in [2.24, 2.45) is 5.92 Å². The molecule has 0 spiro atoms. The minimum absolute atomic E-state index is 0.0150. The molecule has 148 valence electrons. The standard InChI is InChI=1S/C20H27Cl2N3O2/c1-13(26)24-8-5-14(6-9-24)20(27)25-10-7-19(23-2)16(12-25)15-3-4-17(21)18(22)11-15/h3-4,11,14,16,19,23H,5-10,12H2,1-2H3/t16?,19-/m1/s1. The van der Waals surface area contributed by atoms with Gasteiger partial charge >= 0.3 is 0 Å². The number of amides is 2. The van der Waals surface area contributed by atoms with Gasteiger partial charge in [0.25, 0.3) is 0 Å². The van der Waals surface area contributed by atoms with Gasteiger partial charge in [-0.25, -0.2) is 0 Å². The van der Waals surface area contributed by atoms with E-state index in [4.69, 9.17) is 23.2 Å². The Bertz CT molecular complexity index is 704. The van der Waals surface area contributed by atoms with E-state index in [0.717, 1.165) is 31.4 Å². The van der Waals surface area contributed by atoms with Gasteiger partial charge in [-0.05, 0) is 44.0 Å². The molecule has 1 aromatic rings. The van der Waals surface area contributed by atoms with E-state index in [1.807, 2.05) is 35.0 Å². The summed E-state index contributed by atoms with van der Waals surface area (Å²) in [7, 11) is 1.96. The number of rotatable bonds is 3. The second-order valence-corrected chi connectivity index (χ2v) is 8.34. The number of halogens is 2. The molecule has 7 heteroatoms. The van der Waals surface area contributed by atoms with Crippen LogP contribution < -0.4 is 5.32 Å². The largest absolute Gasteiger partial charge is 0.343 e. The third-order valence-electron chi connectivity index (χ3n) is 5.96. The van der Waals surface area contributed by atoms with Gasteiger partial charge in [-0.15, -0.1) is 0 Å². The highest BCUT2D eigenvalue weighted by Crippen LogP contribution is 2.33. The molecular formula is C20H27Cl2N3O2. The van der Waals surface area contributed by atoms with Crippen molar-refractivity contribution in [3.8, 4) is 0 Å². The molecule has 2 aliphatic heterocycles. The molecule has 0 bridgehead atoms. The number of likely N-dealkylation sites (N-methyl/N-ethyl adjacent to an activating group) is 1. The number of hydrogen-bond donors (Lipinski definition) is 1. The highest BCUT2D eigenvalue weighted by molar-refractivity contribution is 6.42. The molecule has 2 saturated heterocycles. The van der Waals surface area contributed by atoms with E-state index in [9.17, 15) is 9.59 Å². The van der Waals surface area contributed by atoms with Crippen LogP contribution in [0.25, 0.3) is 0 Å². The van der Waals surface area contributed by atoms with Crippen LogP contribution in [0.2, 0.25) is 10.0 Å². The summed E-state index contributed by atoms with van der Waals surface area (Å²) in [5.41, 5.74) is 1.10. The Labute approximate surface area is 171 Å². The molecule has 2 atom stereocenters. The Kier molecular flexibility index (Phi) is 6.66. The van der Waals surface area contributed by atoms with Crippen molar-refractivity contribution in [3.05, 3.63) is 33.8 Å². The van der Waals surface area contributed by atoms with Crippen molar-refractivity contribution in [2.45, 2.75) is 38.1 Å². The van der Waals surface area contributed by atoms with E-state index < -0.39 is 0 Å². The van der Waals surface area contributed by atoms with Crippen molar-refractivity contribution in [2.75, 3.05) is 33.2 Å². The van der Waals surface area contributed by atoms with Crippen LogP contribution in [0.4, 0.5) is 0 Å². The third-order valence-corrected chi connectivity index (χ3v) is 6.70. The zero-order valence-electron chi connectivity index (χ0n) is 15.9. The van der Waals surface area contributed by atoms with Gasteiger partial charge in [0, 0.05) is 51.0 Å². The first-order valence-electron chi connectivity index (χ1n) is 9.57. The van der Waals surface area contributed by atoms with Gasteiger partial charge in [0.05, 0.1) is 10.0 Å². The van der Waals surface area contributed by atoms with Crippen LogP contribution >= 0.6 is 23.2 Å². The number of carbonyl (C=O) groups is 2. The maximum atomic E-state index is 13.1. The van der Waals surface area contributed by atoms with E-state index in [2.05, 4.69) is 5.32 Å². The average Bonchev–Trinajstić information content (AvgIpc) is 2.69. The van der Waals surface area contributed by atoms with Crippen LogP contribution in [0, 0.1) is 5.92 Å². The molecule has 2 heterocycles. The van der Waals surface area contributed by atoms with Crippen LogP contribution in [0.5, 0.6) is 0 Å². The molecule has 1 unspecified atom stereocenters. The monoisotopic (exact) mass is 411 g/mol. The topological polar surface area (TPSA) is 52.7 Å². The lowest BCUT2D eigenvalue weighted by atomic mass is 9.85. The summed E-state index contributed by atoms with van der Waals surface area (Å²) < 4.78 is 0. The molecule has 3 rings (SSSR count). The zero-order chi connectivity index (χ0) is 19.6. The predicted molar refractivity (Wildman–Crippen MR) is 108 cm³/mol. The highest BCUT2D eigenvalue weighted by Gasteiger charge is 2.35. The molecule has 2 amide bonds. The summed E-state index contributed by atoms with van der Waals surface area (Å²) >= 11 is 12.3. The predicted octanol–water partition coefficient (Wildman–Crippen LogP) is 3.16. The number of piperidine rings is 2. The first-order chi connectivity index (χ1) is 12.9. The number of nitrogens with zero attached hydrogens (tertiary/aromatic N) is 2. The number of likely N-dealkylation sites (tertiary alicyclic amines) is 2. The van der Waals surface area contributed by atoms with Gasteiger partial charge in [-0.2, -0.15) is 0 Å². The van der Waals surface area contributed by atoms with Crippen LogP contribution in [0.1, 0.15) is 37.7 Å². The molecule has 1 N–H and O–H groups in total. The molecule has 2 aliphatic rings. The second kappa shape index (κ2) is 8.80. The Morgan fingerprint density at radius 3 is 2.30 bits per heavy atom. The highest BCUT2D eigenvalue weighted by atomic mass is 35.5. The molecule has 2 fully saturated rings. The van der Waals surface area contributed by atoms with Gasteiger partial charge < -0.3 is 15.1 Å². The summed E-state index contributed by atoms with van der Waals surface area (Å²) in [5, 5.41) is 4.47. The molecule has 0 aliphatic carbocycles. The molecule has 27 heavy (non-hydrogen) atoms. The molecule has 0 saturated carbocycles. The van der Waals surface area contributed by atoms with Crippen LogP contribution in [0.3, 0.4) is 0 Å². The lowest BCUT2D eigenvalue weighted by molar-refractivity contribution is -0.141. The fraction of sp³-hybridized carbons (Fsp3) is 0.600. The SMILES string of the molecule is CN[C@@H]1CCN(C(=O)C2CCN(C(C)=O)CC2)CC1c1ccc(Cl)c(Cl)c1. The number of benzene rings is 1. The van der Waals surface area contributed by atoms with Gasteiger partial charge in [-0.3, -0.25) is 9.59 Å². The zero-order valence-corrected chi connectivity index (χ0v) is 17.4. The number of nitrogens with one attached hydrogen (secondary N) is 1. The summed E-state index contributed by atoms with van der Waals surface area (Å²) in [4.78, 5) is 28.4. The van der Waals surface area contributed by atoms with Crippen molar-refractivity contribution in [3.63, 3.8) is 0 Å². The molecular weight excluding hydrogens is 385 g/mol. The second-order valence-electron chi connectivity index (χ2n) is 7.53. The van der Waals surface area contributed by atoms with E-state index in [1.165, 1.54) is 0 Å².